The van der Waals surface area contributed by atoms with Crippen LogP contribution in [0.1, 0.15) is 54.2 Å². The van der Waals surface area contributed by atoms with E-state index in [2.05, 4.69) is 28.8 Å². The van der Waals surface area contributed by atoms with Crippen molar-refractivity contribution in [2.45, 2.75) is 39.2 Å². The third-order valence-electron chi connectivity index (χ3n) is 3.70. The van der Waals surface area contributed by atoms with Crippen molar-refractivity contribution >= 4 is 11.9 Å². The highest BCUT2D eigenvalue weighted by Gasteiger charge is 2.27. The highest BCUT2D eigenvalue weighted by molar-refractivity contribution is 5.94. The Morgan fingerprint density at radius 1 is 1.42 bits per heavy atom. The zero-order valence-electron chi connectivity index (χ0n) is 11.0. The van der Waals surface area contributed by atoms with Crippen molar-refractivity contribution in [3.05, 3.63) is 17.5 Å². The van der Waals surface area contributed by atoms with Crippen molar-refractivity contribution in [1.82, 2.24) is 10.5 Å². The van der Waals surface area contributed by atoms with Gasteiger partial charge in [0.25, 0.3) is 5.91 Å². The number of aromatic carboxylic acids is 1. The van der Waals surface area contributed by atoms with Gasteiger partial charge in [-0.1, -0.05) is 19.0 Å². The number of carboxylic acids is 1. The molecule has 0 spiro atoms. The average Bonchev–Trinajstić information content (AvgIpc) is 2.82. The maximum atomic E-state index is 11.9. The number of nitrogens with zero attached hydrogens (tertiary/aromatic N) is 1. The van der Waals surface area contributed by atoms with Gasteiger partial charge in [0, 0.05) is 12.1 Å². The third kappa shape index (κ3) is 3.13. The molecule has 1 aliphatic carbocycles. The van der Waals surface area contributed by atoms with Crippen molar-refractivity contribution in [2.24, 2.45) is 11.8 Å². The Morgan fingerprint density at radius 3 is 2.74 bits per heavy atom. The van der Waals surface area contributed by atoms with E-state index in [4.69, 9.17) is 5.11 Å². The Balaban J connectivity index is 1.98. The smallest absolute Gasteiger partial charge is 0.374 e. The lowest BCUT2D eigenvalue weighted by Gasteiger charge is -2.32. The first-order chi connectivity index (χ1) is 8.97. The van der Waals surface area contributed by atoms with E-state index in [1.165, 1.54) is 0 Å². The third-order valence-corrected chi connectivity index (χ3v) is 3.70. The molecule has 3 atom stereocenters. The molecule has 1 aliphatic rings. The zero-order chi connectivity index (χ0) is 14.0. The summed E-state index contributed by atoms with van der Waals surface area (Å²) in [6.07, 6.45) is 3.12. The fourth-order valence-electron chi connectivity index (χ4n) is 2.61. The summed E-state index contributed by atoms with van der Waals surface area (Å²) in [4.78, 5) is 22.6. The molecule has 1 heterocycles. The lowest BCUT2D eigenvalue weighted by atomic mass is 9.80. The number of carboxylic acid groups (broad SMARTS) is 1. The van der Waals surface area contributed by atoms with Crippen LogP contribution in [0, 0.1) is 11.8 Å². The van der Waals surface area contributed by atoms with Crippen LogP contribution in [0.5, 0.6) is 0 Å². The molecule has 1 fully saturated rings. The van der Waals surface area contributed by atoms with Crippen LogP contribution in [-0.2, 0) is 0 Å². The second kappa shape index (κ2) is 5.42. The number of hydrogen-bond donors (Lipinski definition) is 2. The van der Waals surface area contributed by atoms with E-state index in [0.717, 1.165) is 25.3 Å². The first kappa shape index (κ1) is 13.6. The highest BCUT2D eigenvalue weighted by Crippen LogP contribution is 2.28. The molecular weight excluding hydrogens is 248 g/mol. The molecule has 6 nitrogen and oxygen atoms in total. The van der Waals surface area contributed by atoms with E-state index in [1.807, 2.05) is 0 Å². The monoisotopic (exact) mass is 266 g/mol. The van der Waals surface area contributed by atoms with Gasteiger partial charge >= 0.3 is 5.97 Å². The average molecular weight is 266 g/mol. The number of nitrogens with one attached hydrogen (secondary N) is 1. The first-order valence-corrected chi connectivity index (χ1v) is 6.48. The molecule has 2 rings (SSSR count). The van der Waals surface area contributed by atoms with Gasteiger partial charge in [0.1, 0.15) is 0 Å². The van der Waals surface area contributed by atoms with Crippen LogP contribution in [0.25, 0.3) is 0 Å². The molecule has 19 heavy (non-hydrogen) atoms. The Kier molecular flexibility index (Phi) is 3.87. The van der Waals surface area contributed by atoms with Gasteiger partial charge in [0.05, 0.1) is 0 Å². The maximum absolute atomic E-state index is 11.9. The Hall–Kier alpha value is -1.85. The molecule has 0 aromatic carbocycles. The number of hydrogen-bond acceptors (Lipinski definition) is 4. The summed E-state index contributed by atoms with van der Waals surface area (Å²) in [6.45, 7) is 4.33. The molecule has 1 aromatic heterocycles. The normalized spacial score (nSPS) is 26.9. The van der Waals surface area contributed by atoms with Gasteiger partial charge in [-0.2, -0.15) is 0 Å². The van der Waals surface area contributed by atoms with E-state index in [0.29, 0.717) is 11.8 Å². The van der Waals surface area contributed by atoms with Crippen LogP contribution < -0.4 is 5.32 Å². The second-order valence-corrected chi connectivity index (χ2v) is 5.36. The van der Waals surface area contributed by atoms with Crippen molar-refractivity contribution < 1.29 is 19.2 Å². The van der Waals surface area contributed by atoms with Crippen LogP contribution in [-0.4, -0.2) is 28.2 Å². The molecule has 1 aromatic rings. The lowest BCUT2D eigenvalue weighted by Crippen LogP contribution is -2.42. The fourth-order valence-corrected chi connectivity index (χ4v) is 2.61. The largest absolute Gasteiger partial charge is 0.475 e. The minimum atomic E-state index is -1.23. The lowest BCUT2D eigenvalue weighted by molar-refractivity contribution is 0.0650. The van der Waals surface area contributed by atoms with Gasteiger partial charge in [-0.25, -0.2) is 4.79 Å². The number of carbonyl (C=O) groups is 2. The topological polar surface area (TPSA) is 92.4 Å². The number of aromatic nitrogens is 1. The van der Waals surface area contributed by atoms with Crippen molar-refractivity contribution in [1.29, 1.82) is 0 Å². The van der Waals surface area contributed by atoms with Crippen LogP contribution in [0.15, 0.2) is 10.6 Å². The first-order valence-electron chi connectivity index (χ1n) is 6.48. The van der Waals surface area contributed by atoms with E-state index in [-0.39, 0.29) is 23.4 Å². The maximum Gasteiger partial charge on any atom is 0.374 e. The van der Waals surface area contributed by atoms with Crippen LogP contribution in [0.2, 0.25) is 0 Å². The van der Waals surface area contributed by atoms with Crippen LogP contribution in [0.4, 0.5) is 0 Å². The molecule has 0 bridgehead atoms. The summed E-state index contributed by atoms with van der Waals surface area (Å²) in [7, 11) is 0. The molecule has 0 saturated heterocycles. The Bertz CT molecular complexity index is 483. The van der Waals surface area contributed by atoms with Crippen molar-refractivity contribution in [3.8, 4) is 0 Å². The summed E-state index contributed by atoms with van der Waals surface area (Å²) in [5.74, 6) is -0.822. The summed E-state index contributed by atoms with van der Waals surface area (Å²) < 4.78 is 4.57. The van der Waals surface area contributed by atoms with E-state index >= 15 is 0 Å². The molecule has 0 aliphatic heterocycles. The number of rotatable bonds is 3. The zero-order valence-corrected chi connectivity index (χ0v) is 11.0. The minimum Gasteiger partial charge on any atom is -0.475 e. The fraction of sp³-hybridized carbons (Fsp3) is 0.615. The highest BCUT2D eigenvalue weighted by atomic mass is 16.5. The van der Waals surface area contributed by atoms with Crippen molar-refractivity contribution in [2.75, 3.05) is 0 Å². The van der Waals surface area contributed by atoms with E-state index < -0.39 is 5.97 Å². The number of amides is 1. The Morgan fingerprint density at radius 2 is 2.16 bits per heavy atom. The van der Waals surface area contributed by atoms with Crippen molar-refractivity contribution in [3.63, 3.8) is 0 Å². The van der Waals surface area contributed by atoms with Gasteiger partial charge in [-0.3, -0.25) is 4.79 Å². The van der Waals surface area contributed by atoms with Crippen LogP contribution >= 0.6 is 0 Å². The second-order valence-electron chi connectivity index (χ2n) is 5.36. The number of carbonyl (C=O) groups excluding carboxylic acids is 1. The summed E-state index contributed by atoms with van der Waals surface area (Å²) in [5, 5.41) is 15.1. The standard InChI is InChI=1S/C13H18N2O4/c1-7-3-4-9(8(2)5-7)14-12(16)10-6-11(13(17)18)19-15-10/h6-9H,3-5H2,1-2H3,(H,14,16)(H,17,18). The van der Waals surface area contributed by atoms with E-state index in [1.54, 1.807) is 0 Å². The summed E-state index contributed by atoms with van der Waals surface area (Å²) in [5.41, 5.74) is 0.0169. The molecule has 2 N–H and O–H groups in total. The van der Waals surface area contributed by atoms with Gasteiger partial charge in [-0.05, 0) is 31.1 Å². The summed E-state index contributed by atoms with van der Waals surface area (Å²) in [6, 6.07) is 1.27. The van der Waals surface area contributed by atoms with Gasteiger partial charge in [0.2, 0.25) is 5.76 Å². The van der Waals surface area contributed by atoms with Gasteiger partial charge in [0.15, 0.2) is 5.69 Å². The quantitative estimate of drug-likeness (QED) is 0.872. The SMILES string of the molecule is CC1CCC(NC(=O)c2cc(C(=O)O)on2)C(C)C1. The molecule has 6 heteroatoms. The minimum absolute atomic E-state index is 0.0169. The molecule has 104 valence electrons. The molecule has 0 radical (unpaired) electrons. The predicted octanol–water partition coefficient (Wildman–Crippen LogP) is 1.93. The molecule has 1 saturated carbocycles. The predicted molar refractivity (Wildman–Crippen MR) is 66.9 cm³/mol. The summed E-state index contributed by atoms with van der Waals surface area (Å²) >= 11 is 0. The molecular formula is C13H18N2O4. The van der Waals surface area contributed by atoms with Crippen LogP contribution in [0.3, 0.4) is 0 Å². The van der Waals surface area contributed by atoms with Gasteiger partial charge < -0.3 is 14.9 Å². The van der Waals surface area contributed by atoms with E-state index in [9.17, 15) is 9.59 Å². The molecule has 1 amide bonds. The van der Waals surface area contributed by atoms with Gasteiger partial charge in [-0.15, -0.1) is 0 Å². The molecule has 3 unspecified atom stereocenters. The Labute approximate surface area is 111 Å².